The van der Waals surface area contributed by atoms with E-state index in [-0.39, 0.29) is 5.92 Å². The van der Waals surface area contributed by atoms with Gasteiger partial charge in [0.2, 0.25) is 0 Å². The maximum atomic E-state index is 11.0. The minimum atomic E-state index is -0.683. The van der Waals surface area contributed by atoms with Gasteiger partial charge in [-0.1, -0.05) is 29.8 Å². The van der Waals surface area contributed by atoms with E-state index in [0.717, 1.165) is 40.3 Å². The zero-order chi connectivity index (χ0) is 15.7. The summed E-state index contributed by atoms with van der Waals surface area (Å²) in [4.78, 5) is 17.9. The van der Waals surface area contributed by atoms with Crippen LogP contribution in [0.25, 0.3) is 10.9 Å². The zero-order valence-corrected chi connectivity index (χ0v) is 13.3. The first-order valence-electron chi connectivity index (χ1n) is 7.55. The molecule has 1 saturated heterocycles. The number of aryl methyl sites for hydroxylation is 1. The Kier molecular flexibility index (Phi) is 4.32. The van der Waals surface area contributed by atoms with Crippen molar-refractivity contribution in [3.8, 4) is 0 Å². The molecule has 0 saturated carbocycles. The van der Waals surface area contributed by atoms with Crippen LogP contribution in [0.1, 0.15) is 24.1 Å². The number of fused-ring (bicyclic) bond motifs is 1. The largest absolute Gasteiger partial charge is 0.481 e. The van der Waals surface area contributed by atoms with Gasteiger partial charge < -0.3 is 5.11 Å². The summed E-state index contributed by atoms with van der Waals surface area (Å²) in [5.41, 5.74) is 2.90. The molecule has 3 rings (SSSR count). The van der Waals surface area contributed by atoms with Crippen LogP contribution in [0, 0.1) is 12.8 Å². The normalized spacial score (nSPS) is 17.0. The number of piperidine rings is 1. The van der Waals surface area contributed by atoms with E-state index in [1.54, 1.807) is 0 Å². The van der Waals surface area contributed by atoms with Gasteiger partial charge in [0.15, 0.2) is 0 Å². The monoisotopic (exact) mass is 318 g/mol. The highest BCUT2D eigenvalue weighted by Crippen LogP contribution is 2.28. The third-order valence-electron chi connectivity index (χ3n) is 4.46. The fourth-order valence-electron chi connectivity index (χ4n) is 3.07. The van der Waals surface area contributed by atoms with E-state index in [1.165, 1.54) is 0 Å². The van der Waals surface area contributed by atoms with Gasteiger partial charge in [0.25, 0.3) is 0 Å². The van der Waals surface area contributed by atoms with Gasteiger partial charge in [0.05, 0.1) is 22.2 Å². The number of nitrogens with zero attached hydrogens (tertiary/aromatic N) is 2. The quantitative estimate of drug-likeness (QED) is 0.941. The number of benzene rings is 1. The maximum absolute atomic E-state index is 11.0. The summed E-state index contributed by atoms with van der Waals surface area (Å²) in [6.45, 7) is 4.26. The van der Waals surface area contributed by atoms with Crippen LogP contribution in [0.5, 0.6) is 0 Å². The van der Waals surface area contributed by atoms with E-state index in [0.29, 0.717) is 19.4 Å². The van der Waals surface area contributed by atoms with Crippen molar-refractivity contribution in [3.05, 3.63) is 40.5 Å². The number of pyridine rings is 1. The third-order valence-corrected chi connectivity index (χ3v) is 4.96. The van der Waals surface area contributed by atoms with Crippen molar-refractivity contribution in [1.82, 2.24) is 9.88 Å². The molecule has 22 heavy (non-hydrogen) atoms. The lowest BCUT2D eigenvalue weighted by Gasteiger charge is -2.30. The Bertz CT molecular complexity index is 709. The number of para-hydroxylation sites is 1. The third kappa shape index (κ3) is 2.94. The maximum Gasteiger partial charge on any atom is 0.306 e. The van der Waals surface area contributed by atoms with Crippen LogP contribution in [0.3, 0.4) is 0 Å². The second kappa shape index (κ2) is 6.23. The average molecular weight is 319 g/mol. The van der Waals surface area contributed by atoms with Gasteiger partial charge in [-0.25, -0.2) is 4.98 Å². The van der Waals surface area contributed by atoms with Crippen LogP contribution in [-0.4, -0.2) is 34.0 Å². The summed E-state index contributed by atoms with van der Waals surface area (Å²) in [5, 5.41) is 10.9. The van der Waals surface area contributed by atoms with E-state index >= 15 is 0 Å². The lowest BCUT2D eigenvalue weighted by Crippen LogP contribution is -2.36. The Balaban J connectivity index is 1.80. The topological polar surface area (TPSA) is 53.4 Å². The highest BCUT2D eigenvalue weighted by atomic mass is 35.5. The molecular weight excluding hydrogens is 300 g/mol. The molecule has 1 fully saturated rings. The lowest BCUT2D eigenvalue weighted by atomic mass is 9.97. The van der Waals surface area contributed by atoms with Crippen LogP contribution in [0.15, 0.2) is 24.3 Å². The second-order valence-corrected chi connectivity index (χ2v) is 6.28. The van der Waals surface area contributed by atoms with E-state index < -0.39 is 5.97 Å². The summed E-state index contributed by atoms with van der Waals surface area (Å²) in [5.74, 6) is -0.893. The fourth-order valence-corrected chi connectivity index (χ4v) is 3.28. The summed E-state index contributed by atoms with van der Waals surface area (Å²) < 4.78 is 0. The van der Waals surface area contributed by atoms with Crippen LogP contribution in [0.4, 0.5) is 0 Å². The van der Waals surface area contributed by atoms with Crippen molar-refractivity contribution in [2.45, 2.75) is 26.3 Å². The van der Waals surface area contributed by atoms with Crippen molar-refractivity contribution in [1.29, 1.82) is 0 Å². The number of carboxylic acids is 1. The van der Waals surface area contributed by atoms with Crippen molar-refractivity contribution >= 4 is 28.5 Å². The number of halogens is 1. The number of carboxylic acid groups (broad SMARTS) is 1. The molecule has 1 aliphatic rings. The SMILES string of the molecule is Cc1c(Cl)c(CN2CCC(C(=O)O)CC2)nc2ccccc12. The molecule has 1 aromatic heterocycles. The molecule has 1 aliphatic heterocycles. The molecule has 5 heteroatoms. The number of hydrogen-bond acceptors (Lipinski definition) is 3. The van der Waals surface area contributed by atoms with Gasteiger partial charge in [-0.2, -0.15) is 0 Å². The zero-order valence-electron chi connectivity index (χ0n) is 12.6. The predicted octanol–water partition coefficient (Wildman–Crippen LogP) is 3.49. The van der Waals surface area contributed by atoms with E-state index in [2.05, 4.69) is 4.90 Å². The second-order valence-electron chi connectivity index (χ2n) is 5.90. The Morgan fingerprint density at radius 3 is 2.73 bits per heavy atom. The molecule has 0 aliphatic carbocycles. The fraction of sp³-hybridized carbons (Fsp3) is 0.412. The molecule has 0 amide bonds. The van der Waals surface area contributed by atoms with Gasteiger partial charge in [-0.15, -0.1) is 0 Å². The van der Waals surface area contributed by atoms with Crippen molar-refractivity contribution in [3.63, 3.8) is 0 Å². The molecule has 4 nitrogen and oxygen atoms in total. The molecule has 0 unspecified atom stereocenters. The Morgan fingerprint density at radius 2 is 2.05 bits per heavy atom. The molecular formula is C17H19ClN2O2. The number of likely N-dealkylation sites (tertiary alicyclic amines) is 1. The molecule has 1 N–H and O–H groups in total. The first-order valence-corrected chi connectivity index (χ1v) is 7.93. The molecule has 1 aromatic carbocycles. The highest BCUT2D eigenvalue weighted by Gasteiger charge is 2.25. The summed E-state index contributed by atoms with van der Waals surface area (Å²) >= 11 is 6.49. The number of carbonyl (C=O) groups is 1. The van der Waals surface area contributed by atoms with E-state index in [4.69, 9.17) is 21.7 Å². The molecule has 0 bridgehead atoms. The number of hydrogen-bond donors (Lipinski definition) is 1. The highest BCUT2D eigenvalue weighted by molar-refractivity contribution is 6.32. The Morgan fingerprint density at radius 1 is 1.36 bits per heavy atom. The van der Waals surface area contributed by atoms with Crippen LogP contribution < -0.4 is 0 Å². The van der Waals surface area contributed by atoms with Gasteiger partial charge in [0, 0.05) is 11.9 Å². The van der Waals surface area contributed by atoms with Gasteiger partial charge in [-0.3, -0.25) is 9.69 Å². The molecule has 0 spiro atoms. The van der Waals surface area contributed by atoms with Crippen molar-refractivity contribution in [2.75, 3.05) is 13.1 Å². The minimum Gasteiger partial charge on any atom is -0.481 e. The first kappa shape index (κ1) is 15.3. The first-order chi connectivity index (χ1) is 10.6. The number of rotatable bonds is 3. The standard InChI is InChI=1S/C17H19ClN2O2/c1-11-13-4-2-3-5-14(13)19-15(16(11)18)10-20-8-6-12(7-9-20)17(21)22/h2-5,12H,6-10H2,1H3,(H,21,22). The molecule has 2 aromatic rings. The molecule has 2 heterocycles. The van der Waals surface area contributed by atoms with Gasteiger partial charge in [0.1, 0.15) is 0 Å². The van der Waals surface area contributed by atoms with Crippen LogP contribution >= 0.6 is 11.6 Å². The summed E-state index contributed by atoms with van der Waals surface area (Å²) in [7, 11) is 0. The summed E-state index contributed by atoms with van der Waals surface area (Å²) in [6, 6.07) is 8.00. The number of aliphatic carboxylic acids is 1. The number of aromatic nitrogens is 1. The van der Waals surface area contributed by atoms with Gasteiger partial charge >= 0.3 is 5.97 Å². The molecule has 116 valence electrons. The molecule has 0 radical (unpaired) electrons. The Labute approximate surface area is 134 Å². The average Bonchev–Trinajstić information content (AvgIpc) is 2.53. The van der Waals surface area contributed by atoms with E-state index in [1.807, 2.05) is 31.2 Å². The minimum absolute atomic E-state index is 0.210. The predicted molar refractivity (Wildman–Crippen MR) is 87.1 cm³/mol. The smallest absolute Gasteiger partial charge is 0.306 e. The molecule has 0 atom stereocenters. The van der Waals surface area contributed by atoms with Crippen molar-refractivity contribution in [2.24, 2.45) is 5.92 Å². The summed E-state index contributed by atoms with van der Waals surface area (Å²) in [6.07, 6.45) is 1.39. The van der Waals surface area contributed by atoms with Crippen molar-refractivity contribution < 1.29 is 9.90 Å². The van der Waals surface area contributed by atoms with Gasteiger partial charge in [-0.05, 0) is 44.5 Å². The lowest BCUT2D eigenvalue weighted by molar-refractivity contribution is -0.143. The van der Waals surface area contributed by atoms with Crippen LogP contribution in [0.2, 0.25) is 5.02 Å². The van der Waals surface area contributed by atoms with Crippen LogP contribution in [-0.2, 0) is 11.3 Å². The van der Waals surface area contributed by atoms with E-state index in [9.17, 15) is 4.79 Å². The Hall–Kier alpha value is -1.65.